The Labute approximate surface area is 125 Å². The van der Waals surface area contributed by atoms with Gasteiger partial charge in [0.1, 0.15) is 0 Å². The highest BCUT2D eigenvalue weighted by molar-refractivity contribution is 9.10. The van der Waals surface area contributed by atoms with Gasteiger partial charge in [0.15, 0.2) is 0 Å². The monoisotopic (exact) mass is 337 g/mol. The lowest BCUT2D eigenvalue weighted by atomic mass is 10.1. The van der Waals surface area contributed by atoms with Gasteiger partial charge in [-0.05, 0) is 47.4 Å². The van der Waals surface area contributed by atoms with Crippen LogP contribution in [0.25, 0.3) is 11.5 Å². The first-order valence-corrected chi connectivity index (χ1v) is 7.49. The van der Waals surface area contributed by atoms with E-state index in [1.54, 1.807) is 0 Å². The third-order valence-corrected chi connectivity index (χ3v) is 4.10. The second-order valence-electron chi connectivity index (χ2n) is 5.01. The number of piperidine rings is 1. The lowest BCUT2D eigenvalue weighted by molar-refractivity contribution is 0.0625. The summed E-state index contributed by atoms with van der Waals surface area (Å²) in [5.74, 6) is 1.11. The first kappa shape index (κ1) is 13.7. The molecule has 0 bridgehead atoms. The van der Waals surface area contributed by atoms with Gasteiger partial charge in [0, 0.05) is 11.0 Å². The first-order chi connectivity index (χ1) is 9.72. The zero-order valence-electron chi connectivity index (χ0n) is 11.0. The van der Waals surface area contributed by atoms with Crippen molar-refractivity contribution in [2.24, 2.45) is 0 Å². The van der Waals surface area contributed by atoms with Gasteiger partial charge in [-0.15, -0.1) is 10.2 Å². The Bertz CT molecular complexity index is 587. The molecule has 0 saturated carbocycles. The van der Waals surface area contributed by atoms with Crippen molar-refractivity contribution in [2.45, 2.75) is 25.5 Å². The van der Waals surface area contributed by atoms with Gasteiger partial charge >= 0.3 is 0 Å². The summed E-state index contributed by atoms with van der Waals surface area (Å²) in [6.07, 6.45) is 1.64. The molecular formula is C14H16BrN3O2. The van der Waals surface area contributed by atoms with Crippen LogP contribution in [-0.4, -0.2) is 39.4 Å². The standard InChI is InChI=1S/C14H16BrN3O2/c15-12-6-2-1-5-11(12)14-17-16-13(20-14)9-18-7-3-4-10(19)8-18/h1-2,5-6,10,19H,3-4,7-9H2. The summed E-state index contributed by atoms with van der Waals surface area (Å²) in [5.41, 5.74) is 0.893. The van der Waals surface area contributed by atoms with Gasteiger partial charge in [0.2, 0.25) is 11.8 Å². The summed E-state index contributed by atoms with van der Waals surface area (Å²) in [6, 6.07) is 7.76. The highest BCUT2D eigenvalue weighted by atomic mass is 79.9. The van der Waals surface area contributed by atoms with Gasteiger partial charge in [0.05, 0.1) is 18.2 Å². The predicted octanol–water partition coefficient (Wildman–Crippen LogP) is 2.46. The molecule has 1 fully saturated rings. The van der Waals surface area contributed by atoms with E-state index in [0.717, 1.165) is 29.4 Å². The number of halogens is 1. The van der Waals surface area contributed by atoms with Crippen molar-refractivity contribution < 1.29 is 9.52 Å². The van der Waals surface area contributed by atoms with Crippen LogP contribution in [-0.2, 0) is 6.54 Å². The Morgan fingerprint density at radius 2 is 2.20 bits per heavy atom. The number of aromatic nitrogens is 2. The Hall–Kier alpha value is -1.24. The molecule has 0 radical (unpaired) electrons. The van der Waals surface area contributed by atoms with Crippen LogP contribution in [0.15, 0.2) is 33.2 Å². The fourth-order valence-electron chi connectivity index (χ4n) is 2.43. The van der Waals surface area contributed by atoms with E-state index in [1.807, 2.05) is 24.3 Å². The smallest absolute Gasteiger partial charge is 0.248 e. The van der Waals surface area contributed by atoms with E-state index >= 15 is 0 Å². The molecule has 1 aromatic heterocycles. The molecule has 0 spiro atoms. The number of aliphatic hydroxyl groups is 1. The van der Waals surface area contributed by atoms with E-state index in [1.165, 1.54) is 0 Å². The normalized spacial score (nSPS) is 20.2. The number of rotatable bonds is 3. The molecule has 2 aromatic rings. The summed E-state index contributed by atoms with van der Waals surface area (Å²) >= 11 is 3.48. The van der Waals surface area contributed by atoms with Crippen molar-refractivity contribution >= 4 is 15.9 Å². The molecule has 6 heteroatoms. The molecule has 1 aromatic carbocycles. The molecule has 1 aliphatic heterocycles. The first-order valence-electron chi connectivity index (χ1n) is 6.70. The van der Waals surface area contributed by atoms with E-state index in [-0.39, 0.29) is 6.10 Å². The van der Waals surface area contributed by atoms with Crippen molar-refractivity contribution in [1.82, 2.24) is 15.1 Å². The van der Waals surface area contributed by atoms with Crippen LogP contribution in [0.1, 0.15) is 18.7 Å². The Kier molecular flexibility index (Phi) is 4.14. The van der Waals surface area contributed by atoms with Crippen LogP contribution in [0.4, 0.5) is 0 Å². The Balaban J connectivity index is 1.72. The lowest BCUT2D eigenvalue weighted by Crippen LogP contribution is -2.37. The number of likely N-dealkylation sites (tertiary alicyclic amines) is 1. The zero-order valence-corrected chi connectivity index (χ0v) is 12.6. The van der Waals surface area contributed by atoms with E-state index in [2.05, 4.69) is 31.0 Å². The van der Waals surface area contributed by atoms with Gasteiger partial charge in [-0.2, -0.15) is 0 Å². The molecule has 106 valence electrons. The summed E-state index contributed by atoms with van der Waals surface area (Å²) < 4.78 is 6.65. The minimum absolute atomic E-state index is 0.241. The van der Waals surface area contributed by atoms with Crippen molar-refractivity contribution in [3.05, 3.63) is 34.6 Å². The van der Waals surface area contributed by atoms with Crippen LogP contribution < -0.4 is 0 Å². The maximum atomic E-state index is 9.66. The van der Waals surface area contributed by atoms with Gasteiger partial charge in [-0.3, -0.25) is 4.90 Å². The third kappa shape index (κ3) is 3.08. The molecule has 3 rings (SSSR count). The molecule has 0 aliphatic carbocycles. The van der Waals surface area contributed by atoms with Gasteiger partial charge in [-0.25, -0.2) is 0 Å². The topological polar surface area (TPSA) is 62.4 Å². The van der Waals surface area contributed by atoms with Crippen molar-refractivity contribution in [3.8, 4) is 11.5 Å². The molecule has 2 heterocycles. The van der Waals surface area contributed by atoms with Crippen LogP contribution >= 0.6 is 15.9 Å². The largest absolute Gasteiger partial charge is 0.419 e. The van der Waals surface area contributed by atoms with Crippen LogP contribution in [0.5, 0.6) is 0 Å². The molecule has 1 saturated heterocycles. The predicted molar refractivity (Wildman–Crippen MR) is 78.0 cm³/mol. The van der Waals surface area contributed by atoms with Crippen LogP contribution in [0, 0.1) is 0 Å². The average Bonchev–Trinajstić information content (AvgIpc) is 2.87. The fourth-order valence-corrected chi connectivity index (χ4v) is 2.88. The van der Waals surface area contributed by atoms with E-state index in [4.69, 9.17) is 4.42 Å². The number of hydrogen-bond acceptors (Lipinski definition) is 5. The maximum absolute atomic E-state index is 9.66. The molecule has 0 amide bonds. The molecule has 1 unspecified atom stereocenters. The highest BCUT2D eigenvalue weighted by Crippen LogP contribution is 2.27. The second-order valence-corrected chi connectivity index (χ2v) is 5.87. The number of aliphatic hydroxyl groups excluding tert-OH is 1. The Morgan fingerprint density at radius 1 is 1.35 bits per heavy atom. The van der Waals surface area contributed by atoms with E-state index in [0.29, 0.717) is 24.9 Å². The summed E-state index contributed by atoms with van der Waals surface area (Å²) in [7, 11) is 0. The third-order valence-electron chi connectivity index (χ3n) is 3.41. The van der Waals surface area contributed by atoms with E-state index < -0.39 is 0 Å². The second kappa shape index (κ2) is 6.03. The molecule has 5 nitrogen and oxygen atoms in total. The quantitative estimate of drug-likeness (QED) is 0.932. The van der Waals surface area contributed by atoms with Gasteiger partial charge in [0.25, 0.3) is 0 Å². The average molecular weight is 338 g/mol. The SMILES string of the molecule is OC1CCCN(Cc2nnc(-c3ccccc3Br)o2)C1. The molecular weight excluding hydrogens is 322 g/mol. The molecule has 1 atom stereocenters. The minimum Gasteiger partial charge on any atom is -0.419 e. The summed E-state index contributed by atoms with van der Waals surface area (Å²) in [5, 5.41) is 17.9. The van der Waals surface area contributed by atoms with Crippen LogP contribution in [0.3, 0.4) is 0 Å². The Morgan fingerprint density at radius 3 is 3.00 bits per heavy atom. The molecule has 20 heavy (non-hydrogen) atoms. The molecule has 1 N–H and O–H groups in total. The van der Waals surface area contributed by atoms with Gasteiger partial charge < -0.3 is 9.52 Å². The zero-order chi connectivity index (χ0) is 13.9. The van der Waals surface area contributed by atoms with Gasteiger partial charge in [-0.1, -0.05) is 12.1 Å². The molecule has 1 aliphatic rings. The number of benzene rings is 1. The summed E-state index contributed by atoms with van der Waals surface area (Å²) in [6.45, 7) is 2.23. The van der Waals surface area contributed by atoms with Crippen molar-refractivity contribution in [1.29, 1.82) is 0 Å². The fraction of sp³-hybridized carbons (Fsp3) is 0.429. The minimum atomic E-state index is -0.241. The lowest BCUT2D eigenvalue weighted by Gasteiger charge is -2.28. The maximum Gasteiger partial charge on any atom is 0.248 e. The number of hydrogen-bond donors (Lipinski definition) is 1. The van der Waals surface area contributed by atoms with Crippen molar-refractivity contribution in [2.75, 3.05) is 13.1 Å². The highest BCUT2D eigenvalue weighted by Gasteiger charge is 2.20. The van der Waals surface area contributed by atoms with Crippen molar-refractivity contribution in [3.63, 3.8) is 0 Å². The van der Waals surface area contributed by atoms with Crippen LogP contribution in [0.2, 0.25) is 0 Å². The van der Waals surface area contributed by atoms with E-state index in [9.17, 15) is 5.11 Å². The summed E-state index contributed by atoms with van der Waals surface area (Å²) in [4.78, 5) is 2.14. The number of β-amino-alcohol motifs (C(OH)–C–C–N with tert-alkyl or cyclic N) is 1. The number of nitrogens with zero attached hydrogens (tertiary/aromatic N) is 3.